The molecule has 0 bridgehead atoms. The second-order valence-corrected chi connectivity index (χ2v) is 8.16. The van der Waals surface area contributed by atoms with Gasteiger partial charge in [0.1, 0.15) is 10.7 Å². The molecule has 0 amide bonds. The molecule has 0 fully saturated rings. The fourth-order valence-corrected chi connectivity index (χ4v) is 3.96. The minimum Gasteiger partial charge on any atom is -0.224 e. The van der Waals surface area contributed by atoms with Crippen molar-refractivity contribution in [2.45, 2.75) is 24.2 Å². The van der Waals surface area contributed by atoms with Crippen LogP contribution in [0.4, 0.5) is 4.39 Å². The van der Waals surface area contributed by atoms with E-state index < -0.39 is 15.7 Å². The molecule has 1 aliphatic rings. The average molecular weight is 351 g/mol. The molecule has 0 N–H and O–H groups in total. The second kappa shape index (κ2) is 6.10. The summed E-state index contributed by atoms with van der Waals surface area (Å²) in [7, 11) is -3.55. The van der Waals surface area contributed by atoms with Crippen LogP contribution in [0.15, 0.2) is 47.4 Å². The van der Waals surface area contributed by atoms with Crippen molar-refractivity contribution < 1.29 is 12.8 Å². The summed E-state index contributed by atoms with van der Waals surface area (Å²) in [4.78, 5) is -0.260. The molecule has 2 aromatic carbocycles. The Kier molecular flexibility index (Phi) is 4.30. The molecule has 120 valence electrons. The first-order chi connectivity index (χ1) is 10.9. The Hall–Kier alpha value is -1.65. The molecule has 0 atom stereocenters. The second-order valence-electron chi connectivity index (χ2n) is 5.74. The number of benzene rings is 2. The van der Waals surface area contributed by atoms with E-state index in [1.807, 2.05) is 24.3 Å². The van der Waals surface area contributed by atoms with Crippen molar-refractivity contribution in [1.29, 1.82) is 0 Å². The molecule has 0 heterocycles. The van der Waals surface area contributed by atoms with Gasteiger partial charge in [-0.05, 0) is 65.8 Å². The Labute approximate surface area is 140 Å². The van der Waals surface area contributed by atoms with Crippen molar-refractivity contribution in [3.05, 3.63) is 64.4 Å². The number of hydrogen-bond acceptors (Lipinski definition) is 2. The van der Waals surface area contributed by atoms with Gasteiger partial charge in [0.2, 0.25) is 0 Å². The van der Waals surface area contributed by atoms with Crippen LogP contribution in [0.5, 0.6) is 0 Å². The lowest BCUT2D eigenvalue weighted by Crippen LogP contribution is -2.01. The van der Waals surface area contributed by atoms with Gasteiger partial charge in [0.25, 0.3) is 0 Å². The number of allylic oxidation sites excluding steroid dienone is 2. The summed E-state index contributed by atoms with van der Waals surface area (Å²) in [5.41, 5.74) is 3.99. The lowest BCUT2D eigenvalue weighted by atomic mass is 9.97. The molecule has 0 saturated carbocycles. The lowest BCUT2D eigenvalue weighted by molar-refractivity contribution is 0.570. The Balaban J connectivity index is 2.10. The molecule has 1 aliphatic carbocycles. The van der Waals surface area contributed by atoms with Gasteiger partial charge in [0.05, 0.1) is 0 Å². The summed E-state index contributed by atoms with van der Waals surface area (Å²) in [5.74, 6) is -0.699. The van der Waals surface area contributed by atoms with Crippen molar-refractivity contribution >= 4 is 32.6 Å². The van der Waals surface area contributed by atoms with Crippen LogP contribution in [-0.2, 0) is 9.84 Å². The van der Waals surface area contributed by atoms with Crippen LogP contribution in [0.25, 0.3) is 11.1 Å². The maximum Gasteiger partial charge on any atom is 0.178 e. The Morgan fingerprint density at radius 2 is 1.65 bits per heavy atom. The number of halogens is 2. The third kappa shape index (κ3) is 3.33. The van der Waals surface area contributed by atoms with Gasteiger partial charge in [0, 0.05) is 11.3 Å². The molecule has 2 aromatic rings. The number of hydrogen-bond donors (Lipinski definition) is 0. The summed E-state index contributed by atoms with van der Waals surface area (Å²) in [6.07, 6.45) is 3.76. The smallest absolute Gasteiger partial charge is 0.178 e. The molecular formula is C18H16ClFO2S. The van der Waals surface area contributed by atoms with Gasteiger partial charge in [-0.3, -0.25) is 0 Å². The molecule has 0 spiro atoms. The number of sulfone groups is 1. The molecule has 2 nitrogen and oxygen atoms in total. The lowest BCUT2D eigenvalue weighted by Gasteiger charge is -2.10. The maximum absolute atomic E-state index is 14.2. The highest BCUT2D eigenvalue weighted by molar-refractivity contribution is 7.90. The van der Waals surface area contributed by atoms with E-state index in [9.17, 15) is 12.8 Å². The molecule has 0 radical (unpaired) electrons. The highest BCUT2D eigenvalue weighted by Gasteiger charge is 2.20. The van der Waals surface area contributed by atoms with Gasteiger partial charge in [-0.25, -0.2) is 12.8 Å². The first-order valence-electron chi connectivity index (χ1n) is 7.34. The van der Waals surface area contributed by atoms with E-state index in [2.05, 4.69) is 0 Å². The van der Waals surface area contributed by atoms with Crippen molar-refractivity contribution in [3.63, 3.8) is 0 Å². The monoisotopic (exact) mass is 350 g/mol. The third-order valence-corrected chi connectivity index (χ3v) is 5.44. The molecule has 3 rings (SSSR count). The Morgan fingerprint density at radius 1 is 1.00 bits per heavy atom. The summed E-state index contributed by atoms with van der Waals surface area (Å²) in [6.45, 7) is 0. The summed E-state index contributed by atoms with van der Waals surface area (Å²) in [6, 6.07) is 12.0. The van der Waals surface area contributed by atoms with E-state index in [4.69, 9.17) is 11.6 Å². The first kappa shape index (κ1) is 16.2. The van der Waals surface area contributed by atoms with Gasteiger partial charge < -0.3 is 0 Å². The Bertz CT molecular complexity index is 901. The third-order valence-electron chi connectivity index (χ3n) is 4.07. The quantitative estimate of drug-likeness (QED) is 0.782. The zero-order valence-corrected chi connectivity index (χ0v) is 14.2. The summed E-state index contributed by atoms with van der Waals surface area (Å²) < 4.78 is 37.3. The minimum atomic E-state index is -3.55. The van der Waals surface area contributed by atoms with Crippen molar-refractivity contribution in [2.24, 2.45) is 0 Å². The van der Waals surface area contributed by atoms with Gasteiger partial charge in [-0.1, -0.05) is 29.8 Å². The number of rotatable bonds is 3. The van der Waals surface area contributed by atoms with Gasteiger partial charge >= 0.3 is 0 Å². The predicted molar refractivity (Wildman–Crippen MR) is 91.6 cm³/mol. The molecular weight excluding hydrogens is 335 g/mol. The largest absolute Gasteiger partial charge is 0.224 e. The summed E-state index contributed by atoms with van der Waals surface area (Å²) in [5, 5.41) is 0.667. The zero-order valence-electron chi connectivity index (χ0n) is 12.6. The molecule has 23 heavy (non-hydrogen) atoms. The van der Waals surface area contributed by atoms with Crippen LogP contribution in [-0.4, -0.2) is 14.7 Å². The SMILES string of the molecule is CS(=O)(=O)c1ccc(C2=C(c3cccc(Cl)c3)CCC2)cc1F. The average Bonchev–Trinajstić information content (AvgIpc) is 2.95. The van der Waals surface area contributed by atoms with E-state index >= 15 is 0 Å². The van der Waals surface area contributed by atoms with Gasteiger partial charge in [-0.2, -0.15) is 0 Å². The van der Waals surface area contributed by atoms with Crippen molar-refractivity contribution in [1.82, 2.24) is 0 Å². The predicted octanol–water partition coefficient (Wildman–Crippen LogP) is 4.98. The highest BCUT2D eigenvalue weighted by Crippen LogP contribution is 2.40. The van der Waals surface area contributed by atoms with Gasteiger partial charge in [-0.15, -0.1) is 0 Å². The van der Waals surface area contributed by atoms with E-state index in [-0.39, 0.29) is 4.90 Å². The Morgan fingerprint density at radius 3 is 2.22 bits per heavy atom. The van der Waals surface area contributed by atoms with Crippen LogP contribution < -0.4 is 0 Å². The molecule has 0 unspecified atom stereocenters. The normalized spacial score (nSPS) is 15.3. The van der Waals surface area contributed by atoms with E-state index in [1.165, 1.54) is 12.1 Å². The minimum absolute atomic E-state index is 0.260. The van der Waals surface area contributed by atoms with Crippen LogP contribution in [0.1, 0.15) is 30.4 Å². The zero-order chi connectivity index (χ0) is 16.6. The molecule has 0 saturated heterocycles. The van der Waals surface area contributed by atoms with Crippen LogP contribution >= 0.6 is 11.6 Å². The fourth-order valence-electron chi connectivity index (χ4n) is 3.05. The highest BCUT2D eigenvalue weighted by atomic mass is 35.5. The fraction of sp³-hybridized carbons (Fsp3) is 0.222. The van der Waals surface area contributed by atoms with E-state index in [0.717, 1.165) is 47.8 Å². The van der Waals surface area contributed by atoms with E-state index in [0.29, 0.717) is 5.02 Å². The van der Waals surface area contributed by atoms with Gasteiger partial charge in [0.15, 0.2) is 9.84 Å². The topological polar surface area (TPSA) is 34.1 Å². The first-order valence-corrected chi connectivity index (χ1v) is 9.61. The maximum atomic E-state index is 14.2. The van der Waals surface area contributed by atoms with Crippen molar-refractivity contribution in [2.75, 3.05) is 6.26 Å². The van der Waals surface area contributed by atoms with Crippen LogP contribution in [0.3, 0.4) is 0 Å². The van der Waals surface area contributed by atoms with Crippen molar-refractivity contribution in [3.8, 4) is 0 Å². The standard InChI is InChI=1S/C18H16ClFO2S/c1-23(21,22)18-9-8-13(11-17(18)20)16-7-3-6-15(16)12-4-2-5-14(19)10-12/h2,4-5,8-11H,3,6-7H2,1H3. The molecule has 0 aliphatic heterocycles. The van der Waals surface area contributed by atoms with Crippen LogP contribution in [0.2, 0.25) is 5.02 Å². The molecule has 0 aromatic heterocycles. The van der Waals surface area contributed by atoms with Crippen LogP contribution in [0, 0.1) is 5.82 Å². The van der Waals surface area contributed by atoms with E-state index in [1.54, 1.807) is 6.07 Å². The summed E-state index contributed by atoms with van der Waals surface area (Å²) >= 11 is 6.06. The molecule has 5 heteroatoms.